The number of benzene rings is 2. The molecule has 40 heavy (non-hydrogen) atoms. The van der Waals surface area contributed by atoms with Gasteiger partial charge in [0.05, 0.1) is 13.2 Å². The Balaban J connectivity index is 1.49. The zero-order valence-corrected chi connectivity index (χ0v) is 22.1. The van der Waals surface area contributed by atoms with Gasteiger partial charge in [0.25, 0.3) is 0 Å². The van der Waals surface area contributed by atoms with Crippen LogP contribution in [0, 0.1) is 0 Å². The van der Waals surface area contributed by atoms with Crippen LogP contribution >= 0.6 is 0 Å². The first-order valence-corrected chi connectivity index (χ1v) is 13.2. The minimum atomic E-state index is -1.12. The number of rotatable bonds is 12. The lowest BCUT2D eigenvalue weighted by Crippen LogP contribution is -2.61. The zero-order chi connectivity index (χ0) is 28.7. The van der Waals surface area contributed by atoms with Crippen LogP contribution in [0.1, 0.15) is 36.8 Å². The number of aliphatic hydroxyl groups is 2. The summed E-state index contributed by atoms with van der Waals surface area (Å²) in [6.45, 7) is -1.21. The van der Waals surface area contributed by atoms with Gasteiger partial charge in [-0.25, -0.2) is 9.59 Å². The van der Waals surface area contributed by atoms with Crippen molar-refractivity contribution in [1.82, 2.24) is 21.3 Å². The Kier molecular flexibility index (Phi) is 12.5. The molecule has 0 aliphatic heterocycles. The third-order valence-corrected chi connectivity index (χ3v) is 6.47. The molecule has 1 saturated carbocycles. The molecule has 0 unspecified atom stereocenters. The molecular weight excluding hydrogens is 520 g/mol. The van der Waals surface area contributed by atoms with Gasteiger partial charge in [0.2, 0.25) is 11.8 Å². The summed E-state index contributed by atoms with van der Waals surface area (Å²) in [4.78, 5) is 49.5. The van der Waals surface area contributed by atoms with Crippen LogP contribution in [0.4, 0.5) is 9.59 Å². The third kappa shape index (κ3) is 10.0. The average molecular weight is 557 g/mol. The molecule has 12 heteroatoms. The molecule has 1 aliphatic carbocycles. The van der Waals surface area contributed by atoms with E-state index in [-0.39, 0.29) is 25.3 Å². The maximum atomic E-state index is 12.6. The molecule has 4 atom stereocenters. The molecule has 3 rings (SSSR count). The van der Waals surface area contributed by atoms with E-state index in [2.05, 4.69) is 21.3 Å². The van der Waals surface area contributed by atoms with E-state index in [0.717, 1.165) is 24.0 Å². The summed E-state index contributed by atoms with van der Waals surface area (Å²) in [5.41, 5.74) is 1.51. The summed E-state index contributed by atoms with van der Waals surface area (Å²) in [5.74, 6) is -1.52. The second-order valence-electron chi connectivity index (χ2n) is 9.40. The molecule has 0 radical (unpaired) electrons. The first-order chi connectivity index (χ1) is 19.4. The van der Waals surface area contributed by atoms with Crippen LogP contribution in [-0.2, 0) is 32.3 Å². The van der Waals surface area contributed by atoms with Gasteiger partial charge in [-0.1, -0.05) is 73.5 Å². The Morgan fingerprint density at radius 3 is 1.40 bits per heavy atom. The van der Waals surface area contributed by atoms with Crippen molar-refractivity contribution in [3.8, 4) is 0 Å². The summed E-state index contributed by atoms with van der Waals surface area (Å²) < 4.78 is 10.1. The topological polar surface area (TPSA) is 175 Å². The van der Waals surface area contributed by atoms with Crippen molar-refractivity contribution in [3.05, 3.63) is 71.8 Å². The summed E-state index contributed by atoms with van der Waals surface area (Å²) in [5, 5.41) is 30.0. The van der Waals surface area contributed by atoms with Gasteiger partial charge in [-0.05, 0) is 24.0 Å². The van der Waals surface area contributed by atoms with E-state index in [4.69, 9.17) is 9.47 Å². The van der Waals surface area contributed by atoms with Crippen molar-refractivity contribution in [3.63, 3.8) is 0 Å². The molecule has 4 amide bonds. The summed E-state index contributed by atoms with van der Waals surface area (Å²) in [6, 6.07) is 15.0. The molecule has 0 bridgehead atoms. The van der Waals surface area contributed by atoms with Crippen molar-refractivity contribution < 1.29 is 38.9 Å². The number of hydrogen-bond acceptors (Lipinski definition) is 10. The Bertz CT molecular complexity index is 1010. The van der Waals surface area contributed by atoms with Crippen molar-refractivity contribution in [1.29, 1.82) is 0 Å². The van der Waals surface area contributed by atoms with E-state index in [0.29, 0.717) is 12.8 Å². The smallest absolute Gasteiger partial charge is 0.414 e. The monoisotopic (exact) mass is 556 g/mol. The molecule has 2 aromatic rings. The zero-order valence-electron chi connectivity index (χ0n) is 22.1. The molecule has 1 fully saturated rings. The molecular formula is C28H36N4O8. The van der Waals surface area contributed by atoms with E-state index in [1.165, 1.54) is 0 Å². The first kappa shape index (κ1) is 30.7. The van der Waals surface area contributed by atoms with Gasteiger partial charge in [0.15, 0.2) is 0 Å². The largest absolute Gasteiger partial charge is 0.444 e. The molecule has 1 aliphatic rings. The van der Waals surface area contributed by atoms with Gasteiger partial charge in [-0.3, -0.25) is 30.9 Å². The Hall–Kier alpha value is -3.84. The standard InChI is InChI=1S/C28H36N4O8/c33-15-23(25(35)31-27(37)39-17-19-9-3-1-4-10-19)29-21-13-7-8-14-22(21)30-24(16-34)26(36)32-28(38)40-18-20-11-5-2-6-12-20/h1-6,9-12,21-24,29-30,33-34H,7-8,13-18H2,(H,31,35,37)(H,32,36,38)/t21-,22-,23-,24+/m1/s1. The van der Waals surface area contributed by atoms with Crippen LogP contribution in [-0.4, -0.2) is 71.6 Å². The minimum absolute atomic E-state index is 0.0177. The lowest BCUT2D eigenvalue weighted by Gasteiger charge is -2.36. The normalized spacial score (nSPS) is 18.1. The SMILES string of the molecule is O=C(NC(=O)[C@H](CO)N[C@@H]1CCCC[C@H]1N[C@H](CO)C(=O)NC(=O)OCc1ccccc1)OCc1ccccc1. The molecule has 0 saturated heterocycles. The van der Waals surface area contributed by atoms with Crippen molar-refractivity contribution >= 4 is 24.0 Å². The highest BCUT2D eigenvalue weighted by Gasteiger charge is 2.33. The van der Waals surface area contributed by atoms with Crippen LogP contribution in [0.15, 0.2) is 60.7 Å². The average Bonchev–Trinajstić information content (AvgIpc) is 2.98. The Labute approximate surface area is 232 Å². The highest BCUT2D eigenvalue weighted by atomic mass is 16.6. The number of amides is 4. The molecule has 6 N–H and O–H groups in total. The number of carbonyl (C=O) groups excluding carboxylic acids is 4. The Morgan fingerprint density at radius 2 is 1.05 bits per heavy atom. The van der Waals surface area contributed by atoms with E-state index < -0.39 is 49.3 Å². The van der Waals surface area contributed by atoms with Crippen molar-refractivity contribution in [2.45, 2.75) is 63.1 Å². The summed E-state index contributed by atoms with van der Waals surface area (Å²) in [6.07, 6.45) is 0.997. The van der Waals surface area contributed by atoms with E-state index >= 15 is 0 Å². The molecule has 0 aromatic heterocycles. The van der Waals surface area contributed by atoms with Crippen LogP contribution < -0.4 is 21.3 Å². The van der Waals surface area contributed by atoms with Gasteiger partial charge in [-0.15, -0.1) is 0 Å². The number of ether oxygens (including phenoxy) is 2. The molecule has 0 heterocycles. The highest BCUT2D eigenvalue weighted by Crippen LogP contribution is 2.20. The number of aliphatic hydroxyl groups excluding tert-OH is 2. The fourth-order valence-corrected chi connectivity index (χ4v) is 4.36. The van der Waals surface area contributed by atoms with Gasteiger partial charge in [0, 0.05) is 12.1 Å². The number of nitrogens with one attached hydrogen (secondary N) is 4. The van der Waals surface area contributed by atoms with Gasteiger partial charge >= 0.3 is 12.2 Å². The second-order valence-corrected chi connectivity index (χ2v) is 9.40. The predicted molar refractivity (Wildman–Crippen MR) is 144 cm³/mol. The fourth-order valence-electron chi connectivity index (χ4n) is 4.36. The predicted octanol–water partition coefficient (Wildman–Crippen LogP) is 1.10. The van der Waals surface area contributed by atoms with E-state index in [1.54, 1.807) is 48.5 Å². The third-order valence-electron chi connectivity index (χ3n) is 6.47. The van der Waals surface area contributed by atoms with Crippen LogP contribution in [0.5, 0.6) is 0 Å². The lowest BCUT2D eigenvalue weighted by molar-refractivity contribution is -0.125. The maximum absolute atomic E-state index is 12.6. The molecule has 0 spiro atoms. The van der Waals surface area contributed by atoms with E-state index in [1.807, 2.05) is 12.1 Å². The van der Waals surface area contributed by atoms with Crippen molar-refractivity contribution in [2.75, 3.05) is 13.2 Å². The number of carbonyl (C=O) groups is 4. The highest BCUT2D eigenvalue weighted by molar-refractivity contribution is 5.95. The quantitative estimate of drug-likeness (QED) is 0.222. The van der Waals surface area contributed by atoms with E-state index in [9.17, 15) is 29.4 Å². The lowest BCUT2D eigenvalue weighted by atomic mass is 9.89. The van der Waals surface area contributed by atoms with Gasteiger partial charge < -0.3 is 19.7 Å². The van der Waals surface area contributed by atoms with Crippen LogP contribution in [0.3, 0.4) is 0 Å². The van der Waals surface area contributed by atoms with Gasteiger partial charge in [-0.2, -0.15) is 0 Å². The first-order valence-electron chi connectivity index (χ1n) is 13.2. The van der Waals surface area contributed by atoms with Crippen molar-refractivity contribution in [2.24, 2.45) is 0 Å². The number of imide groups is 2. The molecule has 12 nitrogen and oxygen atoms in total. The van der Waals surface area contributed by atoms with Gasteiger partial charge in [0.1, 0.15) is 25.3 Å². The minimum Gasteiger partial charge on any atom is -0.444 e. The summed E-state index contributed by atoms with van der Waals surface area (Å²) >= 11 is 0. The second kappa shape index (κ2) is 16.3. The molecule has 216 valence electrons. The summed E-state index contributed by atoms with van der Waals surface area (Å²) in [7, 11) is 0. The maximum Gasteiger partial charge on any atom is 0.414 e. The van der Waals surface area contributed by atoms with Crippen LogP contribution in [0.2, 0.25) is 0 Å². The Morgan fingerprint density at radius 1 is 0.675 bits per heavy atom. The number of hydrogen-bond donors (Lipinski definition) is 6. The van der Waals surface area contributed by atoms with Crippen LogP contribution in [0.25, 0.3) is 0 Å². The molecule has 2 aromatic carbocycles. The fraction of sp³-hybridized carbons (Fsp3) is 0.429. The number of alkyl carbamates (subject to hydrolysis) is 2.